The molecule has 1 amide bonds. The van der Waals surface area contributed by atoms with Crippen molar-refractivity contribution >= 4 is 22.8 Å². The van der Waals surface area contributed by atoms with Crippen molar-refractivity contribution in [2.24, 2.45) is 0 Å². The van der Waals surface area contributed by atoms with Crippen LogP contribution in [0.2, 0.25) is 0 Å². The molecule has 1 aliphatic rings. The van der Waals surface area contributed by atoms with Crippen LogP contribution in [-0.2, 0) is 29.1 Å². The summed E-state index contributed by atoms with van der Waals surface area (Å²) in [4.78, 5) is 28.7. The number of nitrogens with one attached hydrogen (secondary N) is 1. The number of fused-ring (bicyclic) bond motifs is 2. The predicted molar refractivity (Wildman–Crippen MR) is 122 cm³/mol. The van der Waals surface area contributed by atoms with Gasteiger partial charge in [-0.2, -0.15) is 0 Å². The fraction of sp³-hybridized carbons (Fsp3) is 0.320. The van der Waals surface area contributed by atoms with Crippen LogP contribution in [0.4, 0.5) is 0 Å². The van der Waals surface area contributed by atoms with Crippen molar-refractivity contribution in [3.05, 3.63) is 77.0 Å². The number of carbonyl (C=O) groups is 2. The zero-order chi connectivity index (χ0) is 22.4. The monoisotopic (exact) mass is 419 g/mol. The lowest BCUT2D eigenvalue weighted by Crippen LogP contribution is -2.49. The summed E-state index contributed by atoms with van der Waals surface area (Å²) < 4.78 is 0. The maximum absolute atomic E-state index is 13.0. The third-order valence-electron chi connectivity index (χ3n) is 5.57. The molecule has 2 aromatic carbocycles. The zero-order valence-corrected chi connectivity index (χ0v) is 18.3. The van der Waals surface area contributed by atoms with E-state index in [1.807, 2.05) is 12.3 Å². The lowest BCUT2D eigenvalue weighted by molar-refractivity contribution is -0.134. The molecular formula is C25H29N3O3. The van der Waals surface area contributed by atoms with Gasteiger partial charge in [-0.25, -0.2) is 0 Å². The Kier molecular flexibility index (Phi) is 7.36. The first-order valence-electron chi connectivity index (χ1n) is 10.5. The van der Waals surface area contributed by atoms with E-state index in [0.717, 1.165) is 48.5 Å². The molecule has 4 rings (SSSR count). The number of likely N-dealkylation sites (N-methyl/N-ethyl adjacent to an activating group) is 1. The Hall–Kier alpha value is -3.25. The molecule has 2 heterocycles. The molecule has 3 aromatic rings. The Bertz CT molecular complexity index is 1080. The molecule has 31 heavy (non-hydrogen) atoms. The number of nitrogens with zero attached hydrogens (tertiary/aromatic N) is 2. The summed E-state index contributed by atoms with van der Waals surface area (Å²) in [5.41, 5.74) is 5.88. The van der Waals surface area contributed by atoms with Crippen LogP contribution in [0.1, 0.15) is 36.1 Å². The van der Waals surface area contributed by atoms with Crippen LogP contribution in [0, 0.1) is 6.92 Å². The van der Waals surface area contributed by atoms with Gasteiger partial charge in [-0.15, -0.1) is 0 Å². The second-order valence-electron chi connectivity index (χ2n) is 7.73. The number of hydrogen-bond donors (Lipinski definition) is 2. The molecule has 6 nitrogen and oxygen atoms in total. The minimum Gasteiger partial charge on any atom is -0.481 e. The smallest absolute Gasteiger partial charge is 0.300 e. The molecule has 0 fully saturated rings. The van der Waals surface area contributed by atoms with E-state index in [0.29, 0.717) is 6.54 Å². The molecule has 2 N–H and O–H groups in total. The van der Waals surface area contributed by atoms with Gasteiger partial charge in [-0.1, -0.05) is 49.4 Å². The summed E-state index contributed by atoms with van der Waals surface area (Å²) >= 11 is 0. The highest BCUT2D eigenvalue weighted by atomic mass is 16.4. The van der Waals surface area contributed by atoms with Gasteiger partial charge in [0.15, 0.2) is 0 Å². The van der Waals surface area contributed by atoms with Crippen LogP contribution < -0.4 is 5.32 Å². The molecule has 0 aliphatic carbocycles. The predicted octanol–water partition coefficient (Wildman–Crippen LogP) is 3.70. The Morgan fingerprint density at radius 2 is 1.84 bits per heavy atom. The van der Waals surface area contributed by atoms with E-state index in [2.05, 4.69) is 71.5 Å². The summed E-state index contributed by atoms with van der Waals surface area (Å²) in [6.45, 7) is 7.49. The van der Waals surface area contributed by atoms with Crippen LogP contribution in [0.25, 0.3) is 10.9 Å². The Labute approximate surface area is 182 Å². The molecule has 1 aromatic heterocycles. The van der Waals surface area contributed by atoms with Gasteiger partial charge >= 0.3 is 0 Å². The van der Waals surface area contributed by atoms with Gasteiger partial charge in [0.2, 0.25) is 5.91 Å². The van der Waals surface area contributed by atoms with Gasteiger partial charge in [0.05, 0.1) is 11.6 Å². The van der Waals surface area contributed by atoms with E-state index in [1.165, 1.54) is 11.1 Å². The number of rotatable bonds is 4. The SMILES string of the molecule is CC(=O)O.CCN1Cc2ccccc2CC1C(=O)NCc1ccc(C)c2ncccc12. The van der Waals surface area contributed by atoms with Gasteiger partial charge in [-0.05, 0) is 48.2 Å². The van der Waals surface area contributed by atoms with Crippen LogP contribution in [-0.4, -0.2) is 39.5 Å². The van der Waals surface area contributed by atoms with E-state index >= 15 is 0 Å². The molecular weight excluding hydrogens is 390 g/mol. The van der Waals surface area contributed by atoms with Crippen molar-refractivity contribution in [1.82, 2.24) is 15.2 Å². The normalized spacial score (nSPS) is 15.5. The van der Waals surface area contributed by atoms with Gasteiger partial charge in [-0.3, -0.25) is 19.5 Å². The van der Waals surface area contributed by atoms with Crippen LogP contribution in [0.15, 0.2) is 54.7 Å². The highest BCUT2D eigenvalue weighted by Crippen LogP contribution is 2.24. The van der Waals surface area contributed by atoms with Crippen molar-refractivity contribution in [3.63, 3.8) is 0 Å². The van der Waals surface area contributed by atoms with Crippen molar-refractivity contribution in [2.75, 3.05) is 6.54 Å². The number of benzene rings is 2. The number of amides is 1. The minimum atomic E-state index is -0.833. The topological polar surface area (TPSA) is 82.5 Å². The fourth-order valence-corrected chi connectivity index (χ4v) is 4.00. The highest BCUT2D eigenvalue weighted by molar-refractivity contribution is 5.86. The van der Waals surface area contributed by atoms with Crippen molar-refractivity contribution in [1.29, 1.82) is 0 Å². The average molecular weight is 420 g/mol. The first-order valence-corrected chi connectivity index (χ1v) is 10.5. The minimum absolute atomic E-state index is 0.101. The van der Waals surface area contributed by atoms with Gasteiger partial charge in [0.1, 0.15) is 0 Å². The fourth-order valence-electron chi connectivity index (χ4n) is 4.00. The molecule has 1 unspecified atom stereocenters. The van der Waals surface area contributed by atoms with Gasteiger partial charge < -0.3 is 10.4 Å². The maximum Gasteiger partial charge on any atom is 0.300 e. The van der Waals surface area contributed by atoms with Crippen molar-refractivity contribution in [3.8, 4) is 0 Å². The molecule has 6 heteroatoms. The third kappa shape index (κ3) is 5.47. The maximum atomic E-state index is 13.0. The first-order chi connectivity index (χ1) is 14.9. The van der Waals surface area contributed by atoms with Crippen LogP contribution in [0.3, 0.4) is 0 Å². The molecule has 162 valence electrons. The summed E-state index contributed by atoms with van der Waals surface area (Å²) in [5.74, 6) is -0.732. The van der Waals surface area contributed by atoms with E-state index < -0.39 is 5.97 Å². The standard InChI is InChI=1S/C23H25N3O.C2H4O2/c1-3-26-15-19-8-5-4-7-17(19)13-21(26)23(27)25-14-18-11-10-16(2)22-20(18)9-6-12-24-22;1-2(3)4/h4-12,21H,3,13-15H2,1-2H3,(H,25,27);1H3,(H,3,4). The summed E-state index contributed by atoms with van der Waals surface area (Å²) in [6.07, 6.45) is 2.59. The quantitative estimate of drug-likeness (QED) is 0.674. The van der Waals surface area contributed by atoms with E-state index in [1.54, 1.807) is 0 Å². The zero-order valence-electron chi connectivity index (χ0n) is 18.3. The number of hydrogen-bond acceptors (Lipinski definition) is 4. The van der Waals surface area contributed by atoms with E-state index in [9.17, 15) is 4.79 Å². The van der Waals surface area contributed by atoms with E-state index in [4.69, 9.17) is 9.90 Å². The molecule has 0 saturated carbocycles. The molecule has 1 atom stereocenters. The average Bonchev–Trinajstić information content (AvgIpc) is 2.77. The van der Waals surface area contributed by atoms with Gasteiger partial charge in [0, 0.05) is 31.6 Å². The number of pyridine rings is 1. The number of aromatic nitrogens is 1. The summed E-state index contributed by atoms with van der Waals surface area (Å²) in [6, 6.07) is 16.5. The largest absolute Gasteiger partial charge is 0.481 e. The molecule has 1 aliphatic heterocycles. The molecule has 0 radical (unpaired) electrons. The Morgan fingerprint density at radius 1 is 1.13 bits per heavy atom. The highest BCUT2D eigenvalue weighted by Gasteiger charge is 2.30. The van der Waals surface area contributed by atoms with Crippen molar-refractivity contribution < 1.29 is 14.7 Å². The number of carboxylic acids is 1. The number of carbonyl (C=O) groups excluding carboxylic acids is 1. The molecule has 0 bridgehead atoms. The summed E-state index contributed by atoms with van der Waals surface area (Å²) in [7, 11) is 0. The third-order valence-corrected chi connectivity index (χ3v) is 5.57. The molecule has 0 spiro atoms. The second kappa shape index (κ2) is 10.2. The van der Waals surface area contributed by atoms with Crippen LogP contribution >= 0.6 is 0 Å². The van der Waals surface area contributed by atoms with Crippen LogP contribution in [0.5, 0.6) is 0 Å². The lowest BCUT2D eigenvalue weighted by Gasteiger charge is -2.35. The lowest BCUT2D eigenvalue weighted by atomic mass is 9.93. The van der Waals surface area contributed by atoms with Crippen molar-refractivity contribution in [2.45, 2.75) is 46.3 Å². The van der Waals surface area contributed by atoms with E-state index in [-0.39, 0.29) is 11.9 Å². The summed E-state index contributed by atoms with van der Waals surface area (Å²) in [5, 5.41) is 11.7. The second-order valence-corrected chi connectivity index (χ2v) is 7.73. The Morgan fingerprint density at radius 3 is 2.55 bits per heavy atom. The number of carboxylic acid groups (broad SMARTS) is 1. The Balaban J connectivity index is 0.000000628. The number of aliphatic carboxylic acids is 1. The number of aryl methyl sites for hydroxylation is 1. The first kappa shape index (κ1) is 22.4. The molecule has 0 saturated heterocycles. The van der Waals surface area contributed by atoms with Gasteiger partial charge in [0.25, 0.3) is 5.97 Å².